The van der Waals surface area contributed by atoms with Crippen molar-refractivity contribution in [2.24, 2.45) is 17.8 Å². The average Bonchev–Trinajstić information content (AvgIpc) is 3.25. The fourth-order valence-corrected chi connectivity index (χ4v) is 7.39. The Kier molecular flexibility index (Phi) is 5.21. The van der Waals surface area contributed by atoms with E-state index in [9.17, 15) is 19.2 Å². The molecular weight excluding hydrogens is 398 g/mol. The lowest BCUT2D eigenvalue weighted by atomic mass is 9.53. The van der Waals surface area contributed by atoms with E-state index in [1.54, 1.807) is 0 Å². The molecule has 1 aliphatic heterocycles. The Morgan fingerprint density at radius 3 is 2.26 bits per heavy atom. The highest BCUT2D eigenvalue weighted by atomic mass is 16.5. The van der Waals surface area contributed by atoms with E-state index in [4.69, 9.17) is 4.74 Å². The van der Waals surface area contributed by atoms with Gasteiger partial charge in [0.15, 0.2) is 6.61 Å². The Morgan fingerprint density at radius 1 is 1.03 bits per heavy atom. The van der Waals surface area contributed by atoms with Gasteiger partial charge in [-0.15, -0.1) is 0 Å². The normalized spacial score (nSPS) is 35.0. The van der Waals surface area contributed by atoms with Crippen LogP contribution in [-0.2, 0) is 19.1 Å². The van der Waals surface area contributed by atoms with E-state index in [2.05, 4.69) is 10.6 Å². The zero-order valence-corrected chi connectivity index (χ0v) is 18.1. The largest absolute Gasteiger partial charge is 0.456 e. The van der Waals surface area contributed by atoms with E-state index < -0.39 is 11.5 Å². The van der Waals surface area contributed by atoms with Gasteiger partial charge in [0.25, 0.3) is 11.8 Å². The summed E-state index contributed by atoms with van der Waals surface area (Å²) in [5.74, 6) is 1.36. The van der Waals surface area contributed by atoms with Crippen LogP contribution in [0.3, 0.4) is 0 Å². The summed E-state index contributed by atoms with van der Waals surface area (Å²) in [6.07, 6.45) is 10.8. The lowest BCUT2D eigenvalue weighted by Gasteiger charge is -2.56. The molecule has 1 spiro atoms. The Bertz CT molecular complexity index is 753. The first-order valence-electron chi connectivity index (χ1n) is 12.0. The predicted molar refractivity (Wildman–Crippen MR) is 111 cm³/mol. The van der Waals surface area contributed by atoms with Gasteiger partial charge in [-0.3, -0.25) is 19.3 Å². The third-order valence-corrected chi connectivity index (χ3v) is 8.27. The Hall–Kier alpha value is -2.12. The van der Waals surface area contributed by atoms with Gasteiger partial charge in [0.2, 0.25) is 0 Å². The molecule has 5 aliphatic carbocycles. The van der Waals surface area contributed by atoms with Gasteiger partial charge in [-0.1, -0.05) is 12.8 Å². The maximum atomic E-state index is 12.6. The van der Waals surface area contributed by atoms with Gasteiger partial charge in [-0.25, -0.2) is 4.79 Å². The number of nitrogens with zero attached hydrogens (tertiary/aromatic N) is 1. The lowest BCUT2D eigenvalue weighted by molar-refractivity contribution is -0.150. The first-order chi connectivity index (χ1) is 14.9. The summed E-state index contributed by atoms with van der Waals surface area (Å²) in [5, 5.41) is 6.04. The Morgan fingerprint density at radius 2 is 1.65 bits per heavy atom. The van der Waals surface area contributed by atoms with Crippen molar-refractivity contribution in [3.8, 4) is 0 Å². The maximum Gasteiger partial charge on any atom is 0.325 e. The van der Waals surface area contributed by atoms with E-state index in [-0.39, 0.29) is 43.0 Å². The number of rotatable bonds is 7. The third-order valence-electron chi connectivity index (χ3n) is 8.27. The third kappa shape index (κ3) is 3.94. The summed E-state index contributed by atoms with van der Waals surface area (Å²) in [5.41, 5.74) is -0.801. The molecule has 170 valence electrons. The molecule has 0 radical (unpaired) electrons. The van der Waals surface area contributed by atoms with Gasteiger partial charge >= 0.3 is 12.0 Å². The highest BCUT2D eigenvalue weighted by molar-refractivity contribution is 6.07. The zero-order valence-electron chi connectivity index (χ0n) is 18.1. The quantitative estimate of drug-likeness (QED) is 0.475. The molecule has 2 N–H and O–H groups in total. The number of carbonyl (C=O) groups is 4. The van der Waals surface area contributed by atoms with Crippen LogP contribution in [0.1, 0.15) is 77.0 Å². The molecule has 1 heterocycles. The van der Waals surface area contributed by atoms with Crippen LogP contribution in [0.15, 0.2) is 0 Å². The van der Waals surface area contributed by atoms with E-state index in [1.807, 2.05) is 0 Å². The number of nitrogens with one attached hydrogen (secondary N) is 2. The number of imide groups is 1. The van der Waals surface area contributed by atoms with Crippen molar-refractivity contribution in [1.82, 2.24) is 15.5 Å². The standard InChI is InChI=1S/C23H33N3O5/c27-18(24-22-11-15-8-16(12-22)10-17(9-15)13-22)14-31-19(28)4-3-7-26-20(29)23(25-21(26)30)5-1-2-6-23/h15-17H,1-14H2,(H,24,27)(H,25,30). The lowest BCUT2D eigenvalue weighted by Crippen LogP contribution is -2.60. The fourth-order valence-electron chi connectivity index (χ4n) is 7.39. The molecule has 4 bridgehead atoms. The van der Waals surface area contributed by atoms with Crippen LogP contribution < -0.4 is 10.6 Å². The molecule has 6 rings (SSSR count). The minimum absolute atomic E-state index is 0.0781. The molecular formula is C23H33N3O5. The SMILES string of the molecule is O=C(COC(=O)CCCN1C(=O)NC2(CCCC2)C1=O)NC12CC3CC(CC(C3)C1)C2. The van der Waals surface area contributed by atoms with Crippen molar-refractivity contribution >= 4 is 23.8 Å². The van der Waals surface area contributed by atoms with Crippen LogP contribution in [0.2, 0.25) is 0 Å². The molecule has 1 saturated heterocycles. The molecule has 4 amide bonds. The number of carbonyl (C=O) groups excluding carboxylic acids is 4. The molecule has 0 unspecified atom stereocenters. The summed E-state index contributed by atoms with van der Waals surface area (Å²) >= 11 is 0. The second-order valence-electron chi connectivity index (χ2n) is 10.7. The van der Waals surface area contributed by atoms with Crippen LogP contribution in [0.5, 0.6) is 0 Å². The van der Waals surface area contributed by atoms with Gasteiger partial charge in [0.05, 0.1) is 0 Å². The molecule has 6 fully saturated rings. The number of amides is 4. The van der Waals surface area contributed by atoms with Crippen molar-refractivity contribution in [1.29, 1.82) is 0 Å². The van der Waals surface area contributed by atoms with Crippen LogP contribution in [0.4, 0.5) is 4.79 Å². The molecule has 0 aromatic rings. The number of urea groups is 1. The molecule has 0 aromatic carbocycles. The van der Waals surface area contributed by atoms with Gasteiger partial charge < -0.3 is 15.4 Å². The van der Waals surface area contributed by atoms with Crippen LogP contribution in [0, 0.1) is 17.8 Å². The van der Waals surface area contributed by atoms with Crippen molar-refractivity contribution in [3.05, 3.63) is 0 Å². The molecule has 0 atom stereocenters. The minimum Gasteiger partial charge on any atom is -0.456 e. The van der Waals surface area contributed by atoms with Crippen molar-refractivity contribution in [2.75, 3.05) is 13.2 Å². The van der Waals surface area contributed by atoms with Crippen LogP contribution >= 0.6 is 0 Å². The fraction of sp³-hybridized carbons (Fsp3) is 0.826. The molecule has 31 heavy (non-hydrogen) atoms. The molecule has 0 aromatic heterocycles. The smallest absolute Gasteiger partial charge is 0.325 e. The number of ether oxygens (including phenoxy) is 1. The van der Waals surface area contributed by atoms with Gasteiger partial charge in [0.1, 0.15) is 5.54 Å². The second kappa shape index (κ2) is 7.78. The minimum atomic E-state index is -0.715. The van der Waals surface area contributed by atoms with Crippen molar-refractivity contribution in [3.63, 3.8) is 0 Å². The summed E-state index contributed by atoms with van der Waals surface area (Å²) in [4.78, 5) is 50.5. The van der Waals surface area contributed by atoms with E-state index in [0.29, 0.717) is 19.3 Å². The van der Waals surface area contributed by atoms with E-state index >= 15 is 0 Å². The van der Waals surface area contributed by atoms with Gasteiger partial charge in [-0.2, -0.15) is 0 Å². The zero-order chi connectivity index (χ0) is 21.6. The predicted octanol–water partition coefficient (Wildman–Crippen LogP) is 2.26. The number of esters is 1. The summed E-state index contributed by atoms with van der Waals surface area (Å²) in [6.45, 7) is -0.0617. The topological polar surface area (TPSA) is 105 Å². The molecule has 6 aliphatic rings. The maximum absolute atomic E-state index is 12.6. The monoisotopic (exact) mass is 431 g/mol. The summed E-state index contributed by atoms with van der Waals surface area (Å²) in [6, 6.07) is -0.366. The van der Waals surface area contributed by atoms with Gasteiger partial charge in [0, 0.05) is 18.5 Å². The first-order valence-corrected chi connectivity index (χ1v) is 12.0. The number of hydrogen-bond donors (Lipinski definition) is 2. The second-order valence-corrected chi connectivity index (χ2v) is 10.7. The van der Waals surface area contributed by atoms with Gasteiger partial charge in [-0.05, 0) is 75.5 Å². The molecule has 5 saturated carbocycles. The highest BCUT2D eigenvalue weighted by Crippen LogP contribution is 2.55. The average molecular weight is 432 g/mol. The van der Waals surface area contributed by atoms with Crippen LogP contribution in [-0.4, -0.2) is 52.9 Å². The Balaban J connectivity index is 1.03. The molecule has 8 heteroatoms. The first kappa shape index (κ1) is 20.8. The summed E-state index contributed by atoms with van der Waals surface area (Å²) < 4.78 is 5.17. The highest BCUT2D eigenvalue weighted by Gasteiger charge is 2.52. The van der Waals surface area contributed by atoms with Crippen molar-refractivity contribution < 1.29 is 23.9 Å². The van der Waals surface area contributed by atoms with Crippen molar-refractivity contribution in [2.45, 2.75) is 88.1 Å². The molecule has 8 nitrogen and oxygen atoms in total. The number of hydrogen-bond acceptors (Lipinski definition) is 5. The van der Waals surface area contributed by atoms with E-state index in [1.165, 1.54) is 24.2 Å². The van der Waals surface area contributed by atoms with E-state index in [0.717, 1.165) is 49.9 Å². The van der Waals surface area contributed by atoms with Crippen LogP contribution in [0.25, 0.3) is 0 Å². The summed E-state index contributed by atoms with van der Waals surface area (Å²) in [7, 11) is 0. The Labute approximate surface area is 182 Å².